The third kappa shape index (κ3) is 4.85. The van der Waals surface area contributed by atoms with E-state index in [1.807, 2.05) is 31.3 Å². The highest BCUT2D eigenvalue weighted by Crippen LogP contribution is 2.46. The topological polar surface area (TPSA) is 61.6 Å². The van der Waals surface area contributed by atoms with E-state index in [9.17, 15) is 9.90 Å². The Morgan fingerprint density at radius 1 is 1.24 bits per heavy atom. The Morgan fingerprint density at radius 2 is 2.00 bits per heavy atom. The number of likely N-dealkylation sites (tertiary alicyclic amines) is 2. The normalized spacial score (nSPS) is 24.8. The lowest BCUT2D eigenvalue weighted by Gasteiger charge is -2.29. The fourth-order valence-electron chi connectivity index (χ4n) is 4.98. The van der Waals surface area contributed by atoms with Crippen molar-refractivity contribution in [1.82, 2.24) is 19.4 Å². The summed E-state index contributed by atoms with van der Waals surface area (Å²) in [5, 5.41) is 9.29. The maximum atomic E-state index is 11.3. The molecule has 1 aromatic carbocycles. The van der Waals surface area contributed by atoms with Crippen molar-refractivity contribution < 1.29 is 9.90 Å². The number of thioether (sulfide) groups is 1. The summed E-state index contributed by atoms with van der Waals surface area (Å²) in [5.74, 6) is 0.947. The zero-order valence-corrected chi connectivity index (χ0v) is 17.9. The SMILES string of the molecule is Cn1cncc1CN1CC2CN(CCSc3ccccc3)CC2(CCC(=O)O)C1. The molecule has 0 aliphatic carbocycles. The number of benzene rings is 1. The van der Waals surface area contributed by atoms with E-state index >= 15 is 0 Å². The standard InChI is InChI=1S/C22H30N4O2S/c1-24-17-23-11-19(24)14-26-13-18-12-25(9-10-29-20-5-3-2-4-6-20)15-22(18,16-26)8-7-21(27)28/h2-6,11,17-18H,7-10,12-16H2,1H3,(H,27,28). The highest BCUT2D eigenvalue weighted by atomic mass is 32.2. The van der Waals surface area contributed by atoms with Gasteiger partial charge >= 0.3 is 5.97 Å². The molecule has 3 heterocycles. The third-order valence-electron chi connectivity index (χ3n) is 6.46. The molecule has 0 saturated carbocycles. The van der Waals surface area contributed by atoms with Gasteiger partial charge in [-0.3, -0.25) is 9.69 Å². The first-order valence-electron chi connectivity index (χ1n) is 10.3. The second-order valence-electron chi connectivity index (χ2n) is 8.52. The molecule has 2 unspecified atom stereocenters. The molecule has 7 heteroatoms. The number of nitrogens with zero attached hydrogens (tertiary/aromatic N) is 4. The highest BCUT2D eigenvalue weighted by Gasteiger charge is 2.51. The van der Waals surface area contributed by atoms with Crippen LogP contribution < -0.4 is 0 Å². The van der Waals surface area contributed by atoms with E-state index in [2.05, 4.69) is 49.7 Å². The summed E-state index contributed by atoms with van der Waals surface area (Å²) in [6.07, 6.45) is 4.82. The molecule has 2 aromatic rings. The van der Waals surface area contributed by atoms with Crippen molar-refractivity contribution in [3.05, 3.63) is 48.5 Å². The number of carboxylic acid groups (broad SMARTS) is 1. The predicted octanol–water partition coefficient (Wildman–Crippen LogP) is 2.81. The van der Waals surface area contributed by atoms with Crippen LogP contribution in [0.3, 0.4) is 0 Å². The van der Waals surface area contributed by atoms with Gasteiger partial charge in [0.1, 0.15) is 0 Å². The summed E-state index contributed by atoms with van der Waals surface area (Å²) in [6.45, 7) is 6.09. The first-order chi connectivity index (χ1) is 14.0. The monoisotopic (exact) mass is 414 g/mol. The van der Waals surface area contributed by atoms with E-state index in [0.717, 1.165) is 51.4 Å². The van der Waals surface area contributed by atoms with Crippen LogP contribution in [-0.4, -0.2) is 68.9 Å². The second-order valence-corrected chi connectivity index (χ2v) is 9.68. The summed E-state index contributed by atoms with van der Waals surface area (Å²) in [6, 6.07) is 10.5. The molecule has 156 valence electrons. The molecule has 1 N–H and O–H groups in total. The zero-order chi connectivity index (χ0) is 20.3. The maximum absolute atomic E-state index is 11.3. The predicted molar refractivity (Wildman–Crippen MR) is 115 cm³/mol. The smallest absolute Gasteiger partial charge is 0.303 e. The van der Waals surface area contributed by atoms with Gasteiger partial charge in [-0.05, 0) is 24.5 Å². The summed E-state index contributed by atoms with van der Waals surface area (Å²) >= 11 is 1.90. The number of hydrogen-bond donors (Lipinski definition) is 1. The van der Waals surface area contributed by atoms with Crippen LogP contribution in [0.25, 0.3) is 0 Å². The number of carbonyl (C=O) groups is 1. The van der Waals surface area contributed by atoms with Gasteiger partial charge in [-0.2, -0.15) is 0 Å². The zero-order valence-electron chi connectivity index (χ0n) is 17.0. The number of aromatic nitrogens is 2. The van der Waals surface area contributed by atoms with Crippen LogP contribution in [0.1, 0.15) is 18.5 Å². The van der Waals surface area contributed by atoms with Crippen LogP contribution in [0.2, 0.25) is 0 Å². The van der Waals surface area contributed by atoms with Gasteiger partial charge in [-0.1, -0.05) is 18.2 Å². The van der Waals surface area contributed by atoms with Crippen molar-refractivity contribution >= 4 is 17.7 Å². The van der Waals surface area contributed by atoms with Gasteiger partial charge in [0.25, 0.3) is 0 Å². The lowest BCUT2D eigenvalue weighted by atomic mass is 9.77. The van der Waals surface area contributed by atoms with Crippen LogP contribution >= 0.6 is 11.8 Å². The summed E-state index contributed by atoms with van der Waals surface area (Å²) in [5.41, 5.74) is 1.32. The molecule has 0 spiro atoms. The average molecular weight is 415 g/mol. The lowest BCUT2D eigenvalue weighted by molar-refractivity contribution is -0.137. The van der Waals surface area contributed by atoms with E-state index in [1.54, 1.807) is 0 Å². The number of aryl methyl sites for hydroxylation is 1. The Labute approximate surface area is 176 Å². The van der Waals surface area contributed by atoms with E-state index in [1.165, 1.54) is 10.6 Å². The lowest BCUT2D eigenvalue weighted by Crippen LogP contribution is -2.35. The van der Waals surface area contributed by atoms with Gasteiger partial charge in [-0.15, -0.1) is 11.8 Å². The number of carboxylic acids is 1. The second kappa shape index (κ2) is 8.90. The minimum atomic E-state index is -0.679. The third-order valence-corrected chi connectivity index (χ3v) is 7.45. The molecular formula is C22H30N4O2S. The fraction of sp³-hybridized carbons (Fsp3) is 0.545. The molecule has 2 fully saturated rings. The minimum absolute atomic E-state index is 0.106. The Hall–Kier alpha value is -1.83. The Balaban J connectivity index is 1.36. The molecule has 0 amide bonds. The summed E-state index contributed by atoms with van der Waals surface area (Å²) in [4.78, 5) is 21.9. The molecule has 1 aromatic heterocycles. The molecule has 2 aliphatic heterocycles. The minimum Gasteiger partial charge on any atom is -0.481 e. The van der Waals surface area contributed by atoms with Crippen molar-refractivity contribution in [2.24, 2.45) is 18.4 Å². The average Bonchev–Trinajstić information content (AvgIpc) is 3.34. The number of rotatable bonds is 9. The van der Waals surface area contributed by atoms with Crippen LogP contribution in [0.4, 0.5) is 0 Å². The number of aliphatic carboxylic acids is 1. The van der Waals surface area contributed by atoms with Gasteiger partial charge in [0.2, 0.25) is 0 Å². The summed E-state index contributed by atoms with van der Waals surface area (Å²) < 4.78 is 2.07. The van der Waals surface area contributed by atoms with Crippen LogP contribution in [0, 0.1) is 11.3 Å². The van der Waals surface area contributed by atoms with Crippen molar-refractivity contribution in [3.63, 3.8) is 0 Å². The van der Waals surface area contributed by atoms with Gasteiger partial charge in [0.15, 0.2) is 0 Å². The Kier molecular flexibility index (Phi) is 6.27. The van der Waals surface area contributed by atoms with Gasteiger partial charge in [-0.25, -0.2) is 4.98 Å². The van der Waals surface area contributed by atoms with Crippen LogP contribution in [0.15, 0.2) is 47.8 Å². The maximum Gasteiger partial charge on any atom is 0.303 e. The number of hydrogen-bond acceptors (Lipinski definition) is 5. The molecule has 2 aliphatic rings. The van der Waals surface area contributed by atoms with Crippen LogP contribution in [0.5, 0.6) is 0 Å². The van der Waals surface area contributed by atoms with Gasteiger partial charge in [0, 0.05) is 75.0 Å². The summed E-state index contributed by atoms with van der Waals surface area (Å²) in [7, 11) is 2.03. The first kappa shape index (κ1) is 20.4. The van der Waals surface area contributed by atoms with E-state index in [4.69, 9.17) is 0 Å². The molecule has 6 nitrogen and oxygen atoms in total. The highest BCUT2D eigenvalue weighted by molar-refractivity contribution is 7.99. The van der Waals surface area contributed by atoms with Gasteiger partial charge < -0.3 is 14.6 Å². The quantitative estimate of drug-likeness (QED) is 0.637. The number of imidazole rings is 1. The molecule has 2 saturated heterocycles. The first-order valence-corrected chi connectivity index (χ1v) is 11.3. The van der Waals surface area contributed by atoms with Crippen molar-refractivity contribution in [2.75, 3.05) is 38.5 Å². The molecule has 2 atom stereocenters. The van der Waals surface area contributed by atoms with E-state index < -0.39 is 5.97 Å². The molecule has 4 rings (SSSR count). The Bertz CT molecular complexity index is 827. The van der Waals surface area contributed by atoms with Gasteiger partial charge in [0.05, 0.1) is 12.0 Å². The van der Waals surface area contributed by atoms with E-state index in [0.29, 0.717) is 5.92 Å². The fourth-order valence-corrected chi connectivity index (χ4v) is 5.92. The van der Waals surface area contributed by atoms with E-state index in [-0.39, 0.29) is 11.8 Å². The van der Waals surface area contributed by atoms with Crippen molar-refractivity contribution in [2.45, 2.75) is 24.3 Å². The van der Waals surface area contributed by atoms with Crippen molar-refractivity contribution in [1.29, 1.82) is 0 Å². The largest absolute Gasteiger partial charge is 0.481 e. The van der Waals surface area contributed by atoms with Crippen molar-refractivity contribution in [3.8, 4) is 0 Å². The molecule has 0 radical (unpaired) electrons. The molecular weight excluding hydrogens is 384 g/mol. The number of fused-ring (bicyclic) bond motifs is 1. The van der Waals surface area contributed by atoms with Crippen LogP contribution in [-0.2, 0) is 18.4 Å². The Morgan fingerprint density at radius 3 is 2.72 bits per heavy atom. The molecule has 0 bridgehead atoms. The molecule has 29 heavy (non-hydrogen) atoms.